The molecule has 2 fully saturated rings. The quantitative estimate of drug-likeness (QED) is 0.716. The highest BCUT2D eigenvalue weighted by molar-refractivity contribution is 6.07. The van der Waals surface area contributed by atoms with Gasteiger partial charge in [-0.15, -0.1) is 0 Å². The molecule has 0 N–H and O–H groups in total. The van der Waals surface area contributed by atoms with Gasteiger partial charge in [-0.1, -0.05) is 0 Å². The van der Waals surface area contributed by atoms with Gasteiger partial charge in [-0.25, -0.2) is 9.59 Å². The van der Waals surface area contributed by atoms with Gasteiger partial charge in [0.05, 0.1) is 6.04 Å². The van der Waals surface area contributed by atoms with Gasteiger partial charge in [-0.05, 0) is 61.3 Å². The standard InChI is InChI=1S/C18H31N3O4/c1-12(2)21-15(23)20(14(22)18(21,6)7)13-9-8-10-19(11-13)16(24)25-17(3,4)5/h12-13H,8-11H2,1-7H3. The first-order valence-corrected chi connectivity index (χ1v) is 9.01. The van der Waals surface area contributed by atoms with Crippen molar-refractivity contribution in [2.75, 3.05) is 13.1 Å². The molecule has 0 aliphatic carbocycles. The third kappa shape index (κ3) is 3.75. The van der Waals surface area contributed by atoms with Crippen LogP contribution in [0.25, 0.3) is 0 Å². The molecule has 0 aromatic rings. The third-order valence-electron chi connectivity index (χ3n) is 4.69. The Hall–Kier alpha value is -1.79. The predicted molar refractivity (Wildman–Crippen MR) is 94.1 cm³/mol. The van der Waals surface area contributed by atoms with Crippen LogP contribution in [0.15, 0.2) is 0 Å². The number of amides is 4. The van der Waals surface area contributed by atoms with Crippen LogP contribution in [0.4, 0.5) is 9.59 Å². The molecule has 2 heterocycles. The summed E-state index contributed by atoms with van der Waals surface area (Å²) in [5.74, 6) is -0.192. The van der Waals surface area contributed by atoms with E-state index in [1.54, 1.807) is 23.6 Å². The lowest BCUT2D eigenvalue weighted by Crippen LogP contribution is -2.53. The Kier molecular flexibility index (Phi) is 5.08. The maximum atomic E-state index is 12.9. The average molecular weight is 353 g/mol. The van der Waals surface area contributed by atoms with Crippen molar-refractivity contribution in [1.82, 2.24) is 14.7 Å². The summed E-state index contributed by atoms with van der Waals surface area (Å²) in [4.78, 5) is 42.7. The van der Waals surface area contributed by atoms with Gasteiger partial charge >= 0.3 is 12.1 Å². The molecule has 1 unspecified atom stereocenters. The number of carbonyl (C=O) groups excluding carboxylic acids is 3. The minimum Gasteiger partial charge on any atom is -0.444 e. The second-order valence-electron chi connectivity index (χ2n) is 8.70. The van der Waals surface area contributed by atoms with Gasteiger partial charge in [-0.3, -0.25) is 9.69 Å². The summed E-state index contributed by atoms with van der Waals surface area (Å²) in [6.07, 6.45) is 1.05. The summed E-state index contributed by atoms with van der Waals surface area (Å²) in [7, 11) is 0. The molecule has 0 spiro atoms. The molecule has 0 aromatic carbocycles. The second kappa shape index (κ2) is 6.50. The Morgan fingerprint density at radius 1 is 1.24 bits per heavy atom. The van der Waals surface area contributed by atoms with Gasteiger partial charge < -0.3 is 14.5 Å². The van der Waals surface area contributed by atoms with E-state index in [4.69, 9.17) is 4.74 Å². The van der Waals surface area contributed by atoms with Crippen LogP contribution in [0, 0.1) is 0 Å². The summed E-state index contributed by atoms with van der Waals surface area (Å²) >= 11 is 0. The minimum atomic E-state index is -0.862. The fourth-order valence-corrected chi connectivity index (χ4v) is 3.69. The first-order chi connectivity index (χ1) is 11.4. The normalized spacial score (nSPS) is 24.3. The highest BCUT2D eigenvalue weighted by atomic mass is 16.6. The Labute approximate surface area is 150 Å². The van der Waals surface area contributed by atoms with Crippen molar-refractivity contribution in [3.8, 4) is 0 Å². The Morgan fingerprint density at radius 3 is 2.32 bits per heavy atom. The van der Waals surface area contributed by atoms with Gasteiger partial charge in [0.1, 0.15) is 11.1 Å². The number of nitrogens with zero attached hydrogens (tertiary/aromatic N) is 3. The number of piperidine rings is 1. The molecule has 25 heavy (non-hydrogen) atoms. The molecule has 0 saturated carbocycles. The number of imide groups is 1. The molecule has 1 atom stereocenters. The van der Waals surface area contributed by atoms with E-state index in [1.807, 2.05) is 34.6 Å². The molecule has 142 valence electrons. The van der Waals surface area contributed by atoms with Gasteiger partial charge in [-0.2, -0.15) is 0 Å². The predicted octanol–water partition coefficient (Wildman–Crippen LogP) is 2.84. The number of carbonyl (C=O) groups is 3. The number of hydrogen-bond acceptors (Lipinski definition) is 4. The van der Waals surface area contributed by atoms with Gasteiger partial charge in [0.15, 0.2) is 0 Å². The highest BCUT2D eigenvalue weighted by Gasteiger charge is 2.54. The van der Waals surface area contributed by atoms with E-state index < -0.39 is 17.2 Å². The molecule has 7 nitrogen and oxygen atoms in total. The average Bonchev–Trinajstić information content (AvgIpc) is 2.62. The number of ether oxygens (including phenoxy) is 1. The Balaban J connectivity index is 2.17. The molecule has 0 bridgehead atoms. The van der Waals surface area contributed by atoms with E-state index in [9.17, 15) is 14.4 Å². The lowest BCUT2D eigenvalue weighted by molar-refractivity contribution is -0.134. The molecule has 7 heteroatoms. The summed E-state index contributed by atoms with van der Waals surface area (Å²) in [6.45, 7) is 13.7. The van der Waals surface area contributed by atoms with Crippen molar-refractivity contribution < 1.29 is 19.1 Å². The van der Waals surface area contributed by atoms with Crippen LogP contribution in [0.2, 0.25) is 0 Å². The molecular weight excluding hydrogens is 322 g/mol. The van der Waals surface area contributed by atoms with Crippen LogP contribution in [0.1, 0.15) is 61.3 Å². The molecule has 2 aliphatic rings. The number of urea groups is 1. The zero-order valence-electron chi connectivity index (χ0n) is 16.5. The minimum absolute atomic E-state index is 0.0676. The fourth-order valence-electron chi connectivity index (χ4n) is 3.69. The number of likely N-dealkylation sites (tertiary alicyclic amines) is 1. The second-order valence-corrected chi connectivity index (χ2v) is 8.70. The summed E-state index contributed by atoms with van der Waals surface area (Å²) in [5, 5.41) is 0. The van der Waals surface area contributed by atoms with Gasteiger partial charge in [0, 0.05) is 19.1 Å². The molecule has 0 radical (unpaired) electrons. The molecule has 2 aliphatic heterocycles. The smallest absolute Gasteiger partial charge is 0.410 e. The van der Waals surface area contributed by atoms with Crippen molar-refractivity contribution in [2.45, 2.75) is 84.5 Å². The van der Waals surface area contributed by atoms with Gasteiger partial charge in [0.25, 0.3) is 5.91 Å². The summed E-state index contributed by atoms with van der Waals surface area (Å²) in [5.41, 5.74) is -1.43. The van der Waals surface area contributed by atoms with Crippen LogP contribution < -0.4 is 0 Å². The topological polar surface area (TPSA) is 70.2 Å². The van der Waals surface area contributed by atoms with Crippen LogP contribution >= 0.6 is 0 Å². The van der Waals surface area contributed by atoms with Crippen molar-refractivity contribution in [1.29, 1.82) is 0 Å². The Bertz CT molecular complexity index is 565. The largest absolute Gasteiger partial charge is 0.444 e. The van der Waals surface area contributed by atoms with Crippen LogP contribution in [-0.2, 0) is 9.53 Å². The van der Waals surface area contributed by atoms with Crippen LogP contribution in [0.5, 0.6) is 0 Å². The van der Waals surface area contributed by atoms with E-state index >= 15 is 0 Å². The fraction of sp³-hybridized carbons (Fsp3) is 0.833. The maximum absolute atomic E-state index is 12.9. The van der Waals surface area contributed by atoms with E-state index in [0.29, 0.717) is 19.5 Å². The molecule has 0 aromatic heterocycles. The number of rotatable bonds is 2. The molecule has 2 saturated heterocycles. The van der Waals surface area contributed by atoms with Crippen LogP contribution in [-0.4, -0.2) is 69.0 Å². The molecular formula is C18H31N3O4. The van der Waals surface area contributed by atoms with Crippen molar-refractivity contribution >= 4 is 18.0 Å². The Morgan fingerprint density at radius 2 is 1.84 bits per heavy atom. The molecule has 4 amide bonds. The molecule has 2 rings (SSSR count). The SMILES string of the molecule is CC(C)N1C(=O)N(C2CCCN(C(=O)OC(C)(C)C)C2)C(=O)C1(C)C. The van der Waals surface area contributed by atoms with E-state index in [0.717, 1.165) is 6.42 Å². The van der Waals surface area contributed by atoms with E-state index in [2.05, 4.69) is 0 Å². The summed E-state index contributed by atoms with van der Waals surface area (Å²) < 4.78 is 5.43. The lowest BCUT2D eigenvalue weighted by Gasteiger charge is -2.37. The van der Waals surface area contributed by atoms with Crippen LogP contribution in [0.3, 0.4) is 0 Å². The highest BCUT2D eigenvalue weighted by Crippen LogP contribution is 2.33. The van der Waals surface area contributed by atoms with Crippen molar-refractivity contribution in [3.05, 3.63) is 0 Å². The first-order valence-electron chi connectivity index (χ1n) is 9.01. The maximum Gasteiger partial charge on any atom is 0.410 e. The zero-order valence-corrected chi connectivity index (χ0v) is 16.5. The van der Waals surface area contributed by atoms with E-state index in [-0.39, 0.29) is 24.0 Å². The first kappa shape index (κ1) is 19.5. The van der Waals surface area contributed by atoms with E-state index in [1.165, 1.54) is 4.90 Å². The third-order valence-corrected chi connectivity index (χ3v) is 4.69. The lowest BCUT2D eigenvalue weighted by atomic mass is 10.00. The zero-order chi connectivity index (χ0) is 19.2. The summed E-state index contributed by atoms with van der Waals surface area (Å²) in [6, 6.07) is -0.632. The van der Waals surface area contributed by atoms with Crippen molar-refractivity contribution in [3.63, 3.8) is 0 Å². The number of hydrogen-bond donors (Lipinski definition) is 0. The monoisotopic (exact) mass is 353 g/mol. The van der Waals surface area contributed by atoms with Crippen molar-refractivity contribution in [2.24, 2.45) is 0 Å². The van der Waals surface area contributed by atoms with Gasteiger partial charge in [0.2, 0.25) is 0 Å².